The Labute approximate surface area is 96.0 Å². The minimum absolute atomic E-state index is 0.0203. The van der Waals surface area contributed by atoms with Crippen molar-refractivity contribution in [2.24, 2.45) is 5.73 Å². The molecular weight excluding hydrogens is 204 g/mol. The van der Waals surface area contributed by atoms with Crippen LogP contribution in [-0.2, 0) is 16.9 Å². The molecule has 1 aromatic rings. The van der Waals surface area contributed by atoms with Crippen LogP contribution in [-0.4, -0.2) is 21.7 Å². The lowest BCUT2D eigenvalue weighted by Gasteiger charge is -2.18. The summed E-state index contributed by atoms with van der Waals surface area (Å²) in [5.74, 6) is -0.344. The zero-order valence-corrected chi connectivity index (χ0v) is 10.3. The van der Waals surface area contributed by atoms with E-state index in [0.29, 0.717) is 6.54 Å². The van der Waals surface area contributed by atoms with E-state index in [1.807, 2.05) is 10.9 Å². The number of hydrogen-bond acceptors (Lipinski definition) is 3. The second-order valence-electron chi connectivity index (χ2n) is 4.97. The topological polar surface area (TPSA) is 72.9 Å². The van der Waals surface area contributed by atoms with Gasteiger partial charge in [-0.25, -0.2) is 0 Å². The highest BCUT2D eigenvalue weighted by Gasteiger charge is 2.14. The van der Waals surface area contributed by atoms with E-state index < -0.39 is 0 Å². The summed E-state index contributed by atoms with van der Waals surface area (Å²) in [5.41, 5.74) is 6.18. The molecule has 16 heavy (non-hydrogen) atoms. The molecular formula is C11H20N4O. The first kappa shape index (κ1) is 12.7. The normalized spacial score (nSPS) is 13.8. The van der Waals surface area contributed by atoms with E-state index in [4.69, 9.17) is 5.73 Å². The third-order valence-corrected chi connectivity index (χ3v) is 2.36. The van der Waals surface area contributed by atoms with Crippen molar-refractivity contribution >= 4 is 5.91 Å². The van der Waals surface area contributed by atoms with Gasteiger partial charge in [-0.2, -0.15) is 5.10 Å². The molecule has 0 aromatic carbocycles. The van der Waals surface area contributed by atoms with E-state index in [1.165, 1.54) is 0 Å². The van der Waals surface area contributed by atoms with Gasteiger partial charge in [0.1, 0.15) is 0 Å². The van der Waals surface area contributed by atoms with Crippen LogP contribution >= 0.6 is 0 Å². The Morgan fingerprint density at radius 3 is 2.69 bits per heavy atom. The number of hydrogen-bond donors (Lipinski definition) is 2. The second kappa shape index (κ2) is 4.65. The highest BCUT2D eigenvalue weighted by Crippen LogP contribution is 2.12. The quantitative estimate of drug-likeness (QED) is 0.786. The summed E-state index contributed by atoms with van der Waals surface area (Å²) < 4.78 is 1.90. The minimum atomic E-state index is -0.344. The molecule has 1 atom stereocenters. The standard InChI is InChI=1S/C11H20N4O/c1-8(10(12)16)13-5-9-6-14-15(7-9)11(2,3)4/h6-8,13H,5H2,1-4H3,(H2,12,16). The smallest absolute Gasteiger partial charge is 0.234 e. The largest absolute Gasteiger partial charge is 0.368 e. The van der Waals surface area contributed by atoms with Crippen molar-refractivity contribution in [2.45, 2.75) is 45.8 Å². The molecule has 0 bridgehead atoms. The summed E-state index contributed by atoms with van der Waals surface area (Å²) in [6.45, 7) is 8.60. The number of amides is 1. The van der Waals surface area contributed by atoms with E-state index in [0.717, 1.165) is 5.56 Å². The van der Waals surface area contributed by atoms with Crippen molar-refractivity contribution in [2.75, 3.05) is 0 Å². The molecule has 5 heteroatoms. The SMILES string of the molecule is CC(NCc1cnn(C(C)(C)C)c1)C(N)=O. The van der Waals surface area contributed by atoms with Crippen LogP contribution in [0.3, 0.4) is 0 Å². The van der Waals surface area contributed by atoms with Crippen molar-refractivity contribution in [3.63, 3.8) is 0 Å². The molecule has 0 aliphatic rings. The molecule has 0 saturated heterocycles. The average Bonchev–Trinajstić information content (AvgIpc) is 2.61. The number of rotatable bonds is 4. The number of nitrogens with two attached hydrogens (primary N) is 1. The Kier molecular flexibility index (Phi) is 3.70. The first-order valence-corrected chi connectivity index (χ1v) is 5.37. The van der Waals surface area contributed by atoms with Crippen molar-refractivity contribution in [3.8, 4) is 0 Å². The minimum Gasteiger partial charge on any atom is -0.368 e. The fourth-order valence-electron chi connectivity index (χ4n) is 1.19. The molecule has 90 valence electrons. The molecule has 0 radical (unpaired) electrons. The number of nitrogens with zero attached hydrogens (tertiary/aromatic N) is 2. The third-order valence-electron chi connectivity index (χ3n) is 2.36. The fourth-order valence-corrected chi connectivity index (χ4v) is 1.19. The summed E-state index contributed by atoms with van der Waals surface area (Å²) in [6, 6.07) is -0.321. The third kappa shape index (κ3) is 3.34. The predicted octanol–water partition coefficient (Wildman–Crippen LogP) is 0.601. The van der Waals surface area contributed by atoms with E-state index in [-0.39, 0.29) is 17.5 Å². The molecule has 0 fully saturated rings. The van der Waals surface area contributed by atoms with E-state index in [2.05, 4.69) is 31.2 Å². The summed E-state index contributed by atoms with van der Waals surface area (Å²) in [6.07, 6.45) is 3.77. The van der Waals surface area contributed by atoms with Crippen LogP contribution in [0.25, 0.3) is 0 Å². The van der Waals surface area contributed by atoms with Gasteiger partial charge in [0.25, 0.3) is 0 Å². The molecule has 1 unspecified atom stereocenters. The van der Waals surface area contributed by atoms with Gasteiger partial charge in [-0.15, -0.1) is 0 Å². The molecule has 0 aliphatic heterocycles. The average molecular weight is 224 g/mol. The first-order valence-electron chi connectivity index (χ1n) is 5.37. The van der Waals surface area contributed by atoms with Crippen LogP contribution in [0.1, 0.15) is 33.3 Å². The van der Waals surface area contributed by atoms with Gasteiger partial charge in [-0.05, 0) is 27.7 Å². The van der Waals surface area contributed by atoms with Crippen LogP contribution in [0, 0.1) is 0 Å². The highest BCUT2D eigenvalue weighted by molar-refractivity contribution is 5.79. The number of carbonyl (C=O) groups excluding carboxylic acids is 1. The molecule has 1 aromatic heterocycles. The molecule has 1 amide bonds. The first-order chi connectivity index (χ1) is 7.30. The van der Waals surface area contributed by atoms with Gasteiger partial charge >= 0.3 is 0 Å². The van der Waals surface area contributed by atoms with Crippen LogP contribution in [0.15, 0.2) is 12.4 Å². The number of nitrogens with one attached hydrogen (secondary N) is 1. The maximum Gasteiger partial charge on any atom is 0.234 e. The summed E-state index contributed by atoms with van der Waals surface area (Å²) in [7, 11) is 0. The molecule has 1 rings (SSSR count). The molecule has 0 aliphatic carbocycles. The maximum absolute atomic E-state index is 10.8. The van der Waals surface area contributed by atoms with E-state index in [1.54, 1.807) is 13.1 Å². The summed E-state index contributed by atoms with van der Waals surface area (Å²) in [5, 5.41) is 7.31. The Bertz CT molecular complexity index is 364. The van der Waals surface area contributed by atoms with Crippen LogP contribution in [0.2, 0.25) is 0 Å². The van der Waals surface area contributed by atoms with Crippen LogP contribution in [0.4, 0.5) is 0 Å². The Morgan fingerprint density at radius 2 is 2.25 bits per heavy atom. The maximum atomic E-state index is 10.8. The summed E-state index contributed by atoms with van der Waals surface area (Å²) in [4.78, 5) is 10.8. The predicted molar refractivity (Wildman–Crippen MR) is 62.7 cm³/mol. The van der Waals surface area contributed by atoms with Crippen molar-refractivity contribution < 1.29 is 4.79 Å². The second-order valence-corrected chi connectivity index (χ2v) is 4.97. The van der Waals surface area contributed by atoms with Gasteiger partial charge in [0.15, 0.2) is 0 Å². The molecule has 3 N–H and O–H groups in total. The zero-order chi connectivity index (χ0) is 12.3. The molecule has 5 nitrogen and oxygen atoms in total. The Morgan fingerprint density at radius 1 is 1.62 bits per heavy atom. The van der Waals surface area contributed by atoms with Gasteiger partial charge < -0.3 is 11.1 Å². The van der Waals surface area contributed by atoms with Gasteiger partial charge in [0.2, 0.25) is 5.91 Å². The number of carbonyl (C=O) groups is 1. The van der Waals surface area contributed by atoms with Crippen molar-refractivity contribution in [3.05, 3.63) is 18.0 Å². The van der Waals surface area contributed by atoms with E-state index >= 15 is 0 Å². The monoisotopic (exact) mass is 224 g/mol. The lowest BCUT2D eigenvalue weighted by atomic mass is 10.1. The van der Waals surface area contributed by atoms with Crippen molar-refractivity contribution in [1.29, 1.82) is 0 Å². The number of aromatic nitrogens is 2. The van der Waals surface area contributed by atoms with Gasteiger partial charge in [0.05, 0.1) is 17.8 Å². The fraction of sp³-hybridized carbons (Fsp3) is 0.636. The summed E-state index contributed by atoms with van der Waals surface area (Å²) >= 11 is 0. The molecule has 1 heterocycles. The Hall–Kier alpha value is -1.36. The molecule has 0 spiro atoms. The van der Waals surface area contributed by atoms with E-state index in [9.17, 15) is 4.79 Å². The molecule has 0 saturated carbocycles. The highest BCUT2D eigenvalue weighted by atomic mass is 16.1. The van der Waals surface area contributed by atoms with Crippen molar-refractivity contribution in [1.82, 2.24) is 15.1 Å². The Balaban J connectivity index is 2.57. The van der Waals surface area contributed by atoms with Gasteiger partial charge in [-0.3, -0.25) is 9.48 Å². The van der Waals surface area contributed by atoms with Gasteiger partial charge in [0, 0.05) is 18.3 Å². The lowest BCUT2D eigenvalue weighted by Crippen LogP contribution is -2.38. The lowest BCUT2D eigenvalue weighted by molar-refractivity contribution is -0.119. The van der Waals surface area contributed by atoms with Gasteiger partial charge in [-0.1, -0.05) is 0 Å². The van der Waals surface area contributed by atoms with Crippen LogP contribution < -0.4 is 11.1 Å². The van der Waals surface area contributed by atoms with Crippen LogP contribution in [0.5, 0.6) is 0 Å². The number of primary amides is 1. The zero-order valence-electron chi connectivity index (χ0n) is 10.3.